The maximum Gasteiger partial charge on any atom is 0.142 e. The molecule has 1 saturated heterocycles. The van der Waals surface area contributed by atoms with Gasteiger partial charge < -0.3 is 19.7 Å². The Bertz CT molecular complexity index is 143. The fourth-order valence-corrected chi connectivity index (χ4v) is 1.50. The lowest BCUT2D eigenvalue weighted by molar-refractivity contribution is -0.0249. The summed E-state index contributed by atoms with van der Waals surface area (Å²) in [5.41, 5.74) is 0. The summed E-state index contributed by atoms with van der Waals surface area (Å²) in [5, 5.41) is 18.3. The summed E-state index contributed by atoms with van der Waals surface area (Å²) in [6.45, 7) is 2.26. The summed E-state index contributed by atoms with van der Waals surface area (Å²) in [6.07, 6.45) is -1.49. The molecule has 1 aliphatic heterocycles. The lowest BCUT2D eigenvalue weighted by Gasteiger charge is -2.17. The van der Waals surface area contributed by atoms with Gasteiger partial charge in [-0.25, -0.2) is 0 Å². The Balaban J connectivity index is 2.51. The molecule has 0 bridgehead atoms. The minimum atomic E-state index is -0.704. The predicted molar refractivity (Wildman–Crippen MR) is 45.7 cm³/mol. The van der Waals surface area contributed by atoms with Crippen molar-refractivity contribution >= 4 is 7.85 Å². The van der Waals surface area contributed by atoms with Gasteiger partial charge in [-0.2, -0.15) is 0 Å². The summed E-state index contributed by atoms with van der Waals surface area (Å²) < 4.78 is 10.5. The third-order valence-electron chi connectivity index (χ3n) is 2.11. The third kappa shape index (κ3) is 1.80. The molecule has 1 rings (SSSR count). The van der Waals surface area contributed by atoms with Crippen LogP contribution in [0.4, 0.5) is 0 Å². The minimum Gasteiger partial charge on any atom is -0.394 e. The van der Waals surface area contributed by atoms with Gasteiger partial charge in [0.2, 0.25) is 0 Å². The third-order valence-corrected chi connectivity index (χ3v) is 2.11. The molecule has 1 aliphatic rings. The van der Waals surface area contributed by atoms with Gasteiger partial charge in [0.1, 0.15) is 26.2 Å². The topological polar surface area (TPSA) is 58.9 Å². The quantitative estimate of drug-likeness (QED) is 0.491. The Morgan fingerprint density at radius 3 is 2.67 bits per heavy atom. The summed E-state index contributed by atoms with van der Waals surface area (Å²) >= 11 is 0. The summed E-state index contributed by atoms with van der Waals surface area (Å²) in [6, 6.07) is -0.142. The van der Waals surface area contributed by atoms with E-state index in [0.717, 1.165) is 0 Å². The smallest absolute Gasteiger partial charge is 0.142 e. The average molecular weight is 174 g/mol. The number of rotatable bonds is 3. The zero-order valence-electron chi connectivity index (χ0n) is 7.43. The normalized spacial score (nSPS) is 41.9. The molecule has 5 heteroatoms. The van der Waals surface area contributed by atoms with Gasteiger partial charge in [0, 0.05) is 6.61 Å². The van der Waals surface area contributed by atoms with Gasteiger partial charge in [-0.3, -0.25) is 0 Å². The first-order valence-electron chi connectivity index (χ1n) is 4.26. The second kappa shape index (κ2) is 4.23. The first-order chi connectivity index (χ1) is 5.70. The van der Waals surface area contributed by atoms with Gasteiger partial charge in [0.05, 0.1) is 12.6 Å². The van der Waals surface area contributed by atoms with E-state index in [9.17, 15) is 5.11 Å². The monoisotopic (exact) mass is 174 g/mol. The fraction of sp³-hybridized carbons (Fsp3) is 1.00. The molecule has 1 unspecified atom stereocenters. The van der Waals surface area contributed by atoms with Crippen LogP contribution in [0, 0.1) is 0 Å². The highest BCUT2D eigenvalue weighted by Gasteiger charge is 2.41. The number of aliphatic hydroxyl groups excluding tert-OH is 2. The second-order valence-corrected chi connectivity index (χ2v) is 2.97. The molecule has 0 saturated carbocycles. The highest BCUT2D eigenvalue weighted by molar-refractivity contribution is 6.11. The standard InChI is InChI=1S/C7H15BO4/c1-2-11-6-5(10)4(3-9)12-7(6)8/h4-7,9-10H,2-3,8H2,1H3/t4-,5?,6+,7-/m1/s1. The lowest BCUT2D eigenvalue weighted by atomic mass is 9.93. The van der Waals surface area contributed by atoms with E-state index in [-0.39, 0.29) is 18.7 Å². The average Bonchev–Trinajstić information content (AvgIpc) is 2.32. The van der Waals surface area contributed by atoms with Gasteiger partial charge in [-0.15, -0.1) is 0 Å². The van der Waals surface area contributed by atoms with Crippen LogP contribution in [-0.4, -0.2) is 55.6 Å². The molecular weight excluding hydrogens is 159 g/mol. The molecule has 4 nitrogen and oxygen atoms in total. The van der Waals surface area contributed by atoms with Crippen molar-refractivity contribution in [3.8, 4) is 0 Å². The number of hydrogen-bond donors (Lipinski definition) is 2. The van der Waals surface area contributed by atoms with Crippen LogP contribution < -0.4 is 0 Å². The van der Waals surface area contributed by atoms with Gasteiger partial charge in [0.15, 0.2) is 0 Å². The van der Waals surface area contributed by atoms with Crippen LogP contribution in [-0.2, 0) is 9.47 Å². The Kier molecular flexibility index (Phi) is 3.52. The van der Waals surface area contributed by atoms with Crippen molar-refractivity contribution in [3.05, 3.63) is 0 Å². The molecule has 2 N–H and O–H groups in total. The van der Waals surface area contributed by atoms with Gasteiger partial charge in [-0.1, -0.05) is 0 Å². The fourth-order valence-electron chi connectivity index (χ4n) is 1.50. The van der Waals surface area contributed by atoms with Crippen LogP contribution in [0.2, 0.25) is 0 Å². The Hall–Kier alpha value is -0.0951. The molecule has 12 heavy (non-hydrogen) atoms. The Morgan fingerprint density at radius 1 is 1.58 bits per heavy atom. The molecule has 0 aromatic heterocycles. The molecule has 0 amide bonds. The second-order valence-electron chi connectivity index (χ2n) is 2.97. The number of aliphatic hydroxyl groups is 2. The molecule has 4 atom stereocenters. The van der Waals surface area contributed by atoms with Gasteiger partial charge in [0.25, 0.3) is 0 Å². The summed E-state index contributed by atoms with van der Waals surface area (Å²) in [5.74, 6) is 0. The van der Waals surface area contributed by atoms with Crippen molar-refractivity contribution in [3.63, 3.8) is 0 Å². The Labute approximate surface area is 72.9 Å². The van der Waals surface area contributed by atoms with Crippen LogP contribution in [0.5, 0.6) is 0 Å². The molecule has 0 aliphatic carbocycles. The largest absolute Gasteiger partial charge is 0.394 e. The van der Waals surface area contributed by atoms with Crippen molar-refractivity contribution in [1.29, 1.82) is 0 Å². The first kappa shape index (κ1) is 9.99. The van der Waals surface area contributed by atoms with Crippen LogP contribution in [0.15, 0.2) is 0 Å². The SMILES string of the molecule is B[C@@H]1O[C@H](CO)C(O)[C@@H]1OCC. The van der Waals surface area contributed by atoms with Crippen molar-refractivity contribution < 1.29 is 19.7 Å². The molecule has 0 radical (unpaired) electrons. The maximum absolute atomic E-state index is 9.54. The van der Waals surface area contributed by atoms with Crippen molar-refractivity contribution in [1.82, 2.24) is 0 Å². The number of hydrogen-bond acceptors (Lipinski definition) is 4. The van der Waals surface area contributed by atoms with E-state index in [1.54, 1.807) is 0 Å². The summed E-state index contributed by atoms with van der Waals surface area (Å²) in [4.78, 5) is 0. The lowest BCUT2D eigenvalue weighted by Crippen LogP contribution is -2.36. The van der Waals surface area contributed by atoms with Crippen molar-refractivity contribution in [2.75, 3.05) is 13.2 Å². The first-order valence-corrected chi connectivity index (χ1v) is 4.26. The predicted octanol–water partition coefficient (Wildman–Crippen LogP) is -1.90. The maximum atomic E-state index is 9.54. The molecule has 0 aromatic carbocycles. The van der Waals surface area contributed by atoms with E-state index in [4.69, 9.17) is 14.6 Å². The number of ether oxygens (including phenoxy) is 2. The zero-order chi connectivity index (χ0) is 9.14. The molecule has 1 fully saturated rings. The highest BCUT2D eigenvalue weighted by atomic mass is 16.6. The summed E-state index contributed by atoms with van der Waals surface area (Å²) in [7, 11) is 1.83. The molecule has 1 heterocycles. The van der Waals surface area contributed by atoms with Crippen LogP contribution in [0.1, 0.15) is 6.92 Å². The molecule has 70 valence electrons. The van der Waals surface area contributed by atoms with E-state index in [1.165, 1.54) is 0 Å². The molecule has 0 aromatic rings. The van der Waals surface area contributed by atoms with Crippen molar-refractivity contribution in [2.45, 2.75) is 31.2 Å². The van der Waals surface area contributed by atoms with E-state index >= 15 is 0 Å². The molecule has 0 spiro atoms. The van der Waals surface area contributed by atoms with E-state index in [2.05, 4.69) is 0 Å². The Morgan fingerprint density at radius 2 is 2.25 bits per heavy atom. The van der Waals surface area contributed by atoms with E-state index in [1.807, 2.05) is 14.8 Å². The van der Waals surface area contributed by atoms with E-state index < -0.39 is 12.2 Å². The van der Waals surface area contributed by atoms with Crippen LogP contribution >= 0.6 is 0 Å². The molecular formula is C7H15BO4. The zero-order valence-corrected chi connectivity index (χ0v) is 7.43. The minimum absolute atomic E-state index is 0.142. The highest BCUT2D eigenvalue weighted by Crippen LogP contribution is 2.21. The van der Waals surface area contributed by atoms with E-state index in [0.29, 0.717) is 6.61 Å². The van der Waals surface area contributed by atoms with Crippen LogP contribution in [0.25, 0.3) is 0 Å². The van der Waals surface area contributed by atoms with Crippen LogP contribution in [0.3, 0.4) is 0 Å². The van der Waals surface area contributed by atoms with Gasteiger partial charge >= 0.3 is 0 Å². The van der Waals surface area contributed by atoms with Gasteiger partial charge in [-0.05, 0) is 6.92 Å². The van der Waals surface area contributed by atoms with Crippen molar-refractivity contribution in [2.24, 2.45) is 0 Å².